The molecule has 0 amide bonds. The van der Waals surface area contributed by atoms with E-state index in [1.807, 2.05) is 60.7 Å². The maximum absolute atomic E-state index is 13.3. The summed E-state index contributed by atoms with van der Waals surface area (Å²) in [6, 6.07) is 23.7. The number of nitro benzene ring substituents is 1. The lowest BCUT2D eigenvalue weighted by Gasteiger charge is -2.06. The molecule has 39 heavy (non-hydrogen) atoms. The molecule has 0 radical (unpaired) electrons. The standard InChI is InChI=1S/C28H20N6O4S/c1-2-38-23-14-13-19(15-22(23)34(36)37)25-20(17-32(30-25)21-11-7-4-8-12-21)16-24-27(35)33-28(39-24)29-26(31-33)18-9-5-3-6-10-18/h3-17H,2H2,1H3. The molecule has 192 valence electrons. The zero-order chi connectivity index (χ0) is 26.9. The minimum absolute atomic E-state index is 0.161. The van der Waals surface area contributed by atoms with E-state index in [1.165, 1.54) is 21.9 Å². The summed E-state index contributed by atoms with van der Waals surface area (Å²) in [5, 5.41) is 20.9. The van der Waals surface area contributed by atoms with Gasteiger partial charge in [-0.1, -0.05) is 59.9 Å². The van der Waals surface area contributed by atoms with Gasteiger partial charge in [0.2, 0.25) is 4.96 Å². The molecule has 6 aromatic rings. The summed E-state index contributed by atoms with van der Waals surface area (Å²) in [6.07, 6.45) is 3.51. The lowest BCUT2D eigenvalue weighted by molar-refractivity contribution is -0.385. The van der Waals surface area contributed by atoms with Crippen LogP contribution in [-0.2, 0) is 0 Å². The molecule has 0 N–H and O–H groups in total. The van der Waals surface area contributed by atoms with Crippen LogP contribution in [0.25, 0.3) is 39.4 Å². The van der Waals surface area contributed by atoms with Gasteiger partial charge in [-0.2, -0.15) is 14.6 Å². The Kier molecular flexibility index (Phi) is 6.17. The predicted molar refractivity (Wildman–Crippen MR) is 148 cm³/mol. The van der Waals surface area contributed by atoms with Crippen LogP contribution in [0.3, 0.4) is 0 Å². The topological polar surface area (TPSA) is 117 Å². The Morgan fingerprint density at radius 1 is 1.00 bits per heavy atom. The molecule has 0 spiro atoms. The average Bonchev–Trinajstić information content (AvgIpc) is 3.65. The zero-order valence-corrected chi connectivity index (χ0v) is 21.4. The Morgan fingerprint density at radius 3 is 2.44 bits per heavy atom. The Balaban J connectivity index is 1.50. The van der Waals surface area contributed by atoms with Crippen LogP contribution in [-0.4, -0.2) is 35.9 Å². The molecule has 0 atom stereocenters. The van der Waals surface area contributed by atoms with Gasteiger partial charge in [0, 0.05) is 29.0 Å². The van der Waals surface area contributed by atoms with Crippen LogP contribution in [0.4, 0.5) is 5.69 Å². The summed E-state index contributed by atoms with van der Waals surface area (Å²) in [4.78, 5) is 29.6. The number of para-hydroxylation sites is 1. The molecule has 0 saturated heterocycles. The van der Waals surface area contributed by atoms with E-state index in [-0.39, 0.29) is 17.0 Å². The van der Waals surface area contributed by atoms with E-state index in [1.54, 1.807) is 36.0 Å². The van der Waals surface area contributed by atoms with Gasteiger partial charge < -0.3 is 4.74 Å². The third kappa shape index (κ3) is 4.55. The molecule has 0 saturated carbocycles. The van der Waals surface area contributed by atoms with E-state index in [2.05, 4.69) is 10.1 Å². The van der Waals surface area contributed by atoms with Crippen LogP contribution < -0.4 is 14.8 Å². The highest BCUT2D eigenvalue weighted by molar-refractivity contribution is 7.15. The third-order valence-corrected chi connectivity index (χ3v) is 6.95. The number of benzene rings is 3. The van der Waals surface area contributed by atoms with Gasteiger partial charge in [-0.3, -0.25) is 14.9 Å². The molecule has 0 aliphatic carbocycles. The number of nitrogens with zero attached hydrogens (tertiary/aromatic N) is 6. The smallest absolute Gasteiger partial charge is 0.311 e. The van der Waals surface area contributed by atoms with Gasteiger partial charge in [0.05, 0.1) is 21.7 Å². The lowest BCUT2D eigenvalue weighted by atomic mass is 10.1. The van der Waals surface area contributed by atoms with E-state index in [0.29, 0.717) is 38.7 Å². The number of fused-ring (bicyclic) bond motifs is 1. The molecule has 0 aliphatic heterocycles. The van der Waals surface area contributed by atoms with Crippen molar-refractivity contribution >= 4 is 28.1 Å². The van der Waals surface area contributed by atoms with E-state index in [0.717, 1.165) is 11.3 Å². The fourth-order valence-corrected chi connectivity index (χ4v) is 5.10. The highest BCUT2D eigenvalue weighted by atomic mass is 32.1. The van der Waals surface area contributed by atoms with Crippen molar-refractivity contribution in [3.8, 4) is 34.1 Å². The minimum Gasteiger partial charge on any atom is -0.487 e. The number of aromatic nitrogens is 5. The second kappa shape index (κ2) is 9.95. The molecule has 0 aliphatic rings. The zero-order valence-electron chi connectivity index (χ0n) is 20.6. The largest absolute Gasteiger partial charge is 0.487 e. The van der Waals surface area contributed by atoms with Crippen molar-refractivity contribution in [1.29, 1.82) is 0 Å². The molecule has 10 nitrogen and oxygen atoms in total. The van der Waals surface area contributed by atoms with Gasteiger partial charge in [0.15, 0.2) is 11.6 Å². The molecule has 0 unspecified atom stereocenters. The lowest BCUT2D eigenvalue weighted by Crippen LogP contribution is -2.23. The summed E-state index contributed by atoms with van der Waals surface area (Å²) in [7, 11) is 0. The van der Waals surface area contributed by atoms with Gasteiger partial charge in [0.25, 0.3) is 5.56 Å². The quantitative estimate of drug-likeness (QED) is 0.217. The molecular weight excluding hydrogens is 516 g/mol. The van der Waals surface area contributed by atoms with Crippen molar-refractivity contribution in [2.24, 2.45) is 0 Å². The molecular formula is C28H20N6O4S. The van der Waals surface area contributed by atoms with Crippen molar-refractivity contribution in [1.82, 2.24) is 24.4 Å². The van der Waals surface area contributed by atoms with E-state index >= 15 is 0 Å². The van der Waals surface area contributed by atoms with Crippen molar-refractivity contribution in [2.45, 2.75) is 6.92 Å². The number of ether oxygens (including phenoxy) is 1. The van der Waals surface area contributed by atoms with Crippen molar-refractivity contribution in [3.63, 3.8) is 0 Å². The van der Waals surface area contributed by atoms with Crippen LogP contribution in [0.5, 0.6) is 5.75 Å². The van der Waals surface area contributed by atoms with Crippen LogP contribution in [0.15, 0.2) is 89.9 Å². The second-order valence-corrected chi connectivity index (χ2v) is 9.51. The Morgan fingerprint density at radius 2 is 1.74 bits per heavy atom. The van der Waals surface area contributed by atoms with E-state index in [4.69, 9.17) is 9.84 Å². The van der Waals surface area contributed by atoms with Gasteiger partial charge >= 0.3 is 5.69 Å². The molecule has 0 bridgehead atoms. The maximum Gasteiger partial charge on any atom is 0.311 e. The van der Waals surface area contributed by atoms with Crippen LogP contribution in [0.1, 0.15) is 12.5 Å². The average molecular weight is 537 g/mol. The highest BCUT2D eigenvalue weighted by Crippen LogP contribution is 2.34. The van der Waals surface area contributed by atoms with Crippen LogP contribution in [0, 0.1) is 10.1 Å². The molecule has 3 aromatic heterocycles. The Hall–Kier alpha value is -5.16. The highest BCUT2D eigenvalue weighted by Gasteiger charge is 2.20. The monoisotopic (exact) mass is 536 g/mol. The summed E-state index contributed by atoms with van der Waals surface area (Å²) in [5.41, 5.74) is 2.77. The van der Waals surface area contributed by atoms with Gasteiger partial charge in [-0.05, 0) is 37.3 Å². The second-order valence-electron chi connectivity index (χ2n) is 8.50. The molecule has 6 rings (SSSR count). The molecule has 3 heterocycles. The Bertz CT molecular complexity index is 1930. The predicted octanol–water partition coefficient (Wildman–Crippen LogP) is 4.53. The van der Waals surface area contributed by atoms with Crippen LogP contribution >= 0.6 is 11.3 Å². The summed E-state index contributed by atoms with van der Waals surface area (Å²) >= 11 is 1.22. The fourth-order valence-electron chi connectivity index (χ4n) is 4.20. The summed E-state index contributed by atoms with van der Waals surface area (Å²) in [6.45, 7) is 2.07. The number of thiazole rings is 1. The number of hydrogen-bond acceptors (Lipinski definition) is 8. The first-order valence-corrected chi connectivity index (χ1v) is 12.9. The number of rotatable bonds is 7. The first kappa shape index (κ1) is 24.2. The van der Waals surface area contributed by atoms with Crippen molar-refractivity contribution in [3.05, 3.63) is 116 Å². The van der Waals surface area contributed by atoms with Crippen LogP contribution in [0.2, 0.25) is 0 Å². The SMILES string of the molecule is CCOc1ccc(-c2nn(-c3ccccc3)cc2C=c2sc3nc(-c4ccccc4)nn3c2=O)cc1[N+](=O)[O-]. The summed E-state index contributed by atoms with van der Waals surface area (Å²) in [5.74, 6) is 0.658. The maximum atomic E-state index is 13.3. The number of hydrogen-bond donors (Lipinski definition) is 0. The fraction of sp³-hybridized carbons (Fsp3) is 0.0714. The van der Waals surface area contributed by atoms with E-state index in [9.17, 15) is 14.9 Å². The molecule has 11 heteroatoms. The normalized spacial score (nSPS) is 11.8. The third-order valence-electron chi connectivity index (χ3n) is 5.99. The molecule has 3 aromatic carbocycles. The van der Waals surface area contributed by atoms with E-state index < -0.39 is 4.92 Å². The van der Waals surface area contributed by atoms with Crippen molar-refractivity contribution < 1.29 is 9.66 Å². The first-order valence-electron chi connectivity index (χ1n) is 12.0. The van der Waals surface area contributed by atoms with Gasteiger partial charge in [-0.15, -0.1) is 5.10 Å². The molecule has 0 fully saturated rings. The van der Waals surface area contributed by atoms with Gasteiger partial charge in [0.1, 0.15) is 5.69 Å². The summed E-state index contributed by atoms with van der Waals surface area (Å²) < 4.78 is 8.83. The number of nitro groups is 1. The first-order chi connectivity index (χ1) is 19.0. The minimum atomic E-state index is -0.480. The van der Waals surface area contributed by atoms with Crippen molar-refractivity contribution in [2.75, 3.05) is 6.61 Å². The van der Waals surface area contributed by atoms with Gasteiger partial charge in [-0.25, -0.2) is 4.68 Å². The Labute approximate surface area is 225 Å².